The van der Waals surface area contributed by atoms with Gasteiger partial charge in [0, 0.05) is 50.0 Å². The van der Waals surface area contributed by atoms with Crippen LogP contribution in [-0.4, -0.2) is 53.9 Å². The number of aryl methyl sites for hydroxylation is 1. The Labute approximate surface area is 196 Å². The highest BCUT2D eigenvalue weighted by Gasteiger charge is 2.40. The second-order valence-electron chi connectivity index (χ2n) is 9.67. The number of anilines is 2. The van der Waals surface area contributed by atoms with E-state index in [1.54, 1.807) is 6.20 Å². The number of nitrogens with zero attached hydrogens (tertiary/aromatic N) is 4. The maximum absolute atomic E-state index is 13.9. The molecule has 172 valence electrons. The zero-order valence-electron chi connectivity index (χ0n) is 19.2. The number of rotatable bonds is 5. The van der Waals surface area contributed by atoms with Crippen molar-refractivity contribution in [3.05, 3.63) is 53.7 Å². The van der Waals surface area contributed by atoms with Gasteiger partial charge in [-0.1, -0.05) is 37.5 Å². The van der Waals surface area contributed by atoms with Crippen LogP contribution in [-0.2, 0) is 11.2 Å². The van der Waals surface area contributed by atoms with Gasteiger partial charge in [0.15, 0.2) is 5.78 Å². The van der Waals surface area contributed by atoms with Gasteiger partial charge in [-0.25, -0.2) is 4.98 Å². The molecule has 2 atom stereocenters. The lowest BCUT2D eigenvalue weighted by atomic mass is 9.80. The highest BCUT2D eigenvalue weighted by atomic mass is 16.1. The van der Waals surface area contributed by atoms with E-state index in [9.17, 15) is 4.79 Å². The van der Waals surface area contributed by atoms with Crippen molar-refractivity contribution < 1.29 is 4.79 Å². The standard InChI is InChI=1S/C27H33N5O/c28-18-20-10-13-25(29-19-20)31-14-16-32(17-15-31)26(27(33)22-7-2-1-3-8-22)24-12-11-21-6-4-5-9-23(21)30-24/h4-6,9-10,13,19,22,24,26,30H,1-3,7-8,11-12,14-17H2. The minimum Gasteiger partial charge on any atom is -0.380 e. The van der Waals surface area contributed by atoms with Gasteiger partial charge < -0.3 is 10.2 Å². The van der Waals surface area contributed by atoms with Crippen LogP contribution in [0.25, 0.3) is 0 Å². The number of hydrogen-bond donors (Lipinski definition) is 1. The predicted molar refractivity (Wildman–Crippen MR) is 130 cm³/mol. The molecule has 0 amide bonds. The van der Waals surface area contributed by atoms with Crippen LogP contribution in [0, 0.1) is 17.2 Å². The molecule has 1 aromatic carbocycles. The molecule has 0 radical (unpaired) electrons. The summed E-state index contributed by atoms with van der Waals surface area (Å²) < 4.78 is 0. The maximum atomic E-state index is 13.9. The molecule has 2 fully saturated rings. The van der Waals surface area contributed by atoms with Gasteiger partial charge in [0.1, 0.15) is 11.9 Å². The molecule has 2 aliphatic heterocycles. The van der Waals surface area contributed by atoms with Crippen molar-refractivity contribution in [3.63, 3.8) is 0 Å². The first kappa shape index (κ1) is 21.9. The van der Waals surface area contributed by atoms with E-state index in [2.05, 4.69) is 50.4 Å². The Morgan fingerprint density at radius 2 is 1.82 bits per heavy atom. The number of hydrogen-bond acceptors (Lipinski definition) is 6. The van der Waals surface area contributed by atoms with Gasteiger partial charge >= 0.3 is 0 Å². The molecule has 2 unspecified atom stereocenters. The van der Waals surface area contributed by atoms with E-state index in [0.29, 0.717) is 11.3 Å². The molecule has 3 heterocycles. The third kappa shape index (κ3) is 4.74. The molecule has 6 heteroatoms. The lowest BCUT2D eigenvalue weighted by molar-refractivity contribution is -0.130. The average molecular weight is 444 g/mol. The number of Topliss-reactive ketones (excluding diaryl/α,β-unsaturated/α-hetero) is 1. The third-order valence-electron chi connectivity index (χ3n) is 7.67. The quantitative estimate of drug-likeness (QED) is 0.753. The molecule has 1 saturated heterocycles. The summed E-state index contributed by atoms with van der Waals surface area (Å²) in [4.78, 5) is 23.1. The van der Waals surface area contributed by atoms with E-state index in [0.717, 1.165) is 57.7 Å². The molecule has 1 N–H and O–H groups in total. The van der Waals surface area contributed by atoms with Crippen LogP contribution in [0.5, 0.6) is 0 Å². The number of carbonyl (C=O) groups excluding carboxylic acids is 1. The van der Waals surface area contributed by atoms with Gasteiger partial charge in [0.25, 0.3) is 0 Å². The maximum Gasteiger partial charge on any atom is 0.155 e. The summed E-state index contributed by atoms with van der Waals surface area (Å²) in [5, 5.41) is 12.8. The number of fused-ring (bicyclic) bond motifs is 1. The lowest BCUT2D eigenvalue weighted by Crippen LogP contribution is -2.60. The summed E-state index contributed by atoms with van der Waals surface area (Å²) in [6, 6.07) is 14.5. The van der Waals surface area contributed by atoms with Crippen LogP contribution >= 0.6 is 0 Å². The molecule has 0 spiro atoms. The highest BCUT2D eigenvalue weighted by molar-refractivity contribution is 5.88. The summed E-state index contributed by atoms with van der Waals surface area (Å²) in [6.45, 7) is 3.39. The number of pyridine rings is 1. The van der Waals surface area contributed by atoms with Crippen LogP contribution in [0.1, 0.15) is 49.7 Å². The minimum absolute atomic E-state index is 0.0717. The largest absolute Gasteiger partial charge is 0.380 e. The molecule has 1 aliphatic carbocycles. The van der Waals surface area contributed by atoms with Gasteiger partial charge in [-0.3, -0.25) is 9.69 Å². The second-order valence-corrected chi connectivity index (χ2v) is 9.67. The Kier molecular flexibility index (Phi) is 6.59. The molecule has 1 aromatic heterocycles. The number of nitriles is 1. The second kappa shape index (κ2) is 9.93. The van der Waals surface area contributed by atoms with Crippen LogP contribution in [0.4, 0.5) is 11.5 Å². The Balaban J connectivity index is 1.32. The van der Waals surface area contributed by atoms with Crippen LogP contribution in [0.2, 0.25) is 0 Å². The summed E-state index contributed by atoms with van der Waals surface area (Å²) >= 11 is 0. The van der Waals surface area contributed by atoms with E-state index in [-0.39, 0.29) is 18.0 Å². The van der Waals surface area contributed by atoms with Crippen molar-refractivity contribution in [2.24, 2.45) is 5.92 Å². The molecule has 1 saturated carbocycles. The molecular formula is C27H33N5O. The number of ketones is 1. The van der Waals surface area contributed by atoms with Gasteiger partial charge in [0.05, 0.1) is 11.6 Å². The highest BCUT2D eigenvalue weighted by Crippen LogP contribution is 2.32. The number of aromatic nitrogens is 1. The average Bonchev–Trinajstić information content (AvgIpc) is 2.90. The van der Waals surface area contributed by atoms with Gasteiger partial charge in [-0.2, -0.15) is 5.26 Å². The minimum atomic E-state index is -0.0717. The summed E-state index contributed by atoms with van der Waals surface area (Å²) in [5.41, 5.74) is 3.13. The topological polar surface area (TPSA) is 72.3 Å². The smallest absolute Gasteiger partial charge is 0.155 e. The first-order valence-corrected chi connectivity index (χ1v) is 12.5. The Morgan fingerprint density at radius 3 is 2.55 bits per heavy atom. The number of para-hydroxylation sites is 1. The van der Waals surface area contributed by atoms with Crippen molar-refractivity contribution in [1.82, 2.24) is 9.88 Å². The molecular weight excluding hydrogens is 410 g/mol. The zero-order valence-corrected chi connectivity index (χ0v) is 19.2. The molecule has 3 aliphatic rings. The fraction of sp³-hybridized carbons (Fsp3) is 0.519. The summed E-state index contributed by atoms with van der Waals surface area (Å²) in [7, 11) is 0. The first-order valence-electron chi connectivity index (χ1n) is 12.5. The van der Waals surface area contributed by atoms with Crippen LogP contribution < -0.4 is 10.2 Å². The molecule has 2 aromatic rings. The Morgan fingerprint density at radius 1 is 1.03 bits per heavy atom. The lowest BCUT2D eigenvalue weighted by Gasteiger charge is -2.44. The molecule has 0 bridgehead atoms. The number of piperazine rings is 1. The van der Waals surface area contributed by atoms with Crippen molar-refractivity contribution in [1.29, 1.82) is 5.26 Å². The number of carbonyl (C=O) groups is 1. The number of benzene rings is 1. The van der Waals surface area contributed by atoms with E-state index in [1.165, 1.54) is 30.5 Å². The van der Waals surface area contributed by atoms with Crippen molar-refractivity contribution in [2.45, 2.75) is 57.0 Å². The Hall–Kier alpha value is -2.91. The molecule has 5 rings (SSSR count). The first-order chi connectivity index (χ1) is 16.2. The van der Waals surface area contributed by atoms with Gasteiger partial charge in [-0.05, 0) is 49.4 Å². The SMILES string of the molecule is N#Cc1ccc(N2CCN(C(C(=O)C3CCCCC3)C3CCc4ccccc4N3)CC2)nc1. The van der Waals surface area contributed by atoms with Crippen LogP contribution in [0.15, 0.2) is 42.6 Å². The van der Waals surface area contributed by atoms with Crippen molar-refractivity contribution >= 4 is 17.3 Å². The Bertz CT molecular complexity index is 1000. The molecule has 6 nitrogen and oxygen atoms in total. The third-order valence-corrected chi connectivity index (χ3v) is 7.67. The zero-order chi connectivity index (χ0) is 22.6. The van der Waals surface area contributed by atoms with E-state index in [4.69, 9.17) is 5.26 Å². The predicted octanol–water partition coefficient (Wildman–Crippen LogP) is 4.02. The van der Waals surface area contributed by atoms with E-state index >= 15 is 0 Å². The van der Waals surface area contributed by atoms with Gasteiger partial charge in [-0.15, -0.1) is 0 Å². The van der Waals surface area contributed by atoms with Crippen molar-refractivity contribution in [3.8, 4) is 6.07 Å². The summed E-state index contributed by atoms with van der Waals surface area (Å²) in [5.74, 6) is 1.57. The van der Waals surface area contributed by atoms with E-state index in [1.807, 2.05) is 12.1 Å². The monoisotopic (exact) mass is 443 g/mol. The fourth-order valence-corrected chi connectivity index (χ4v) is 5.83. The number of nitrogens with one attached hydrogen (secondary N) is 1. The van der Waals surface area contributed by atoms with Gasteiger partial charge in [0.2, 0.25) is 0 Å². The van der Waals surface area contributed by atoms with Crippen LogP contribution in [0.3, 0.4) is 0 Å². The van der Waals surface area contributed by atoms with E-state index < -0.39 is 0 Å². The normalized spacial score (nSPS) is 22.6. The van der Waals surface area contributed by atoms with Crippen molar-refractivity contribution in [2.75, 3.05) is 36.4 Å². The summed E-state index contributed by atoms with van der Waals surface area (Å²) in [6.07, 6.45) is 9.39. The molecule has 33 heavy (non-hydrogen) atoms. The fourth-order valence-electron chi connectivity index (χ4n) is 5.83.